The maximum atomic E-state index is 12.5. The molecule has 3 aromatic rings. The molecule has 2 aromatic heterocycles. The molecule has 4 rings (SSSR count). The fourth-order valence-electron chi connectivity index (χ4n) is 3.84. The number of hydrogen-bond acceptors (Lipinski definition) is 4. The van der Waals surface area contributed by atoms with Gasteiger partial charge in [0.15, 0.2) is 11.0 Å². The Hall–Kier alpha value is -2.28. The molecule has 1 amide bonds. The van der Waals surface area contributed by atoms with E-state index in [0.29, 0.717) is 5.75 Å². The van der Waals surface area contributed by atoms with Gasteiger partial charge in [-0.2, -0.15) is 0 Å². The molecule has 7 heteroatoms. The van der Waals surface area contributed by atoms with E-state index in [2.05, 4.69) is 59.1 Å². The number of amides is 1. The van der Waals surface area contributed by atoms with Crippen molar-refractivity contribution in [2.24, 2.45) is 13.0 Å². The summed E-state index contributed by atoms with van der Waals surface area (Å²) < 4.78 is 4.23. The number of aryl methyl sites for hydroxylation is 1. The van der Waals surface area contributed by atoms with Crippen LogP contribution in [0.25, 0.3) is 22.3 Å². The quantitative estimate of drug-likeness (QED) is 0.615. The summed E-state index contributed by atoms with van der Waals surface area (Å²) in [6.07, 6.45) is 4.35. The molecular weight excluding hydrogens is 370 g/mol. The topological polar surface area (TPSA) is 56.0 Å². The molecule has 3 heterocycles. The highest BCUT2D eigenvalue weighted by Gasteiger charge is 2.22. The number of para-hydroxylation sites is 1. The number of thioether (sulfide) groups is 1. The Morgan fingerprint density at radius 1 is 1.21 bits per heavy atom. The van der Waals surface area contributed by atoms with E-state index < -0.39 is 0 Å². The Kier molecular flexibility index (Phi) is 5.44. The van der Waals surface area contributed by atoms with Gasteiger partial charge in [-0.05, 0) is 31.7 Å². The molecule has 148 valence electrons. The molecule has 0 saturated carbocycles. The minimum absolute atomic E-state index is 0.198. The van der Waals surface area contributed by atoms with E-state index in [1.165, 1.54) is 22.7 Å². The number of benzene rings is 1. The van der Waals surface area contributed by atoms with Crippen LogP contribution in [0.15, 0.2) is 35.6 Å². The largest absolute Gasteiger partial charge is 0.347 e. The van der Waals surface area contributed by atoms with E-state index >= 15 is 0 Å². The van der Waals surface area contributed by atoms with E-state index in [1.807, 2.05) is 16.5 Å². The minimum Gasteiger partial charge on any atom is -0.347 e. The summed E-state index contributed by atoms with van der Waals surface area (Å²) in [4.78, 5) is 14.5. The van der Waals surface area contributed by atoms with Gasteiger partial charge in [0.25, 0.3) is 0 Å². The average Bonchev–Trinajstić information content (AvgIpc) is 3.26. The molecule has 0 bridgehead atoms. The zero-order chi connectivity index (χ0) is 19.7. The molecule has 28 heavy (non-hydrogen) atoms. The summed E-state index contributed by atoms with van der Waals surface area (Å²) in [6.45, 7) is 7.06. The first-order valence-corrected chi connectivity index (χ1v) is 10.9. The van der Waals surface area contributed by atoms with Gasteiger partial charge in [-0.15, -0.1) is 10.2 Å². The van der Waals surface area contributed by atoms with Crippen molar-refractivity contribution < 1.29 is 4.79 Å². The lowest BCUT2D eigenvalue weighted by Gasteiger charge is -2.30. The van der Waals surface area contributed by atoms with Crippen molar-refractivity contribution in [3.05, 3.63) is 30.5 Å². The van der Waals surface area contributed by atoms with Crippen LogP contribution in [0.1, 0.15) is 26.7 Å². The molecule has 0 N–H and O–H groups in total. The zero-order valence-electron chi connectivity index (χ0n) is 16.8. The molecule has 1 aromatic carbocycles. The van der Waals surface area contributed by atoms with E-state index in [9.17, 15) is 4.79 Å². The number of likely N-dealkylation sites (tertiary alicyclic amines) is 1. The molecule has 1 saturated heterocycles. The van der Waals surface area contributed by atoms with Gasteiger partial charge in [0.2, 0.25) is 5.91 Å². The van der Waals surface area contributed by atoms with Gasteiger partial charge < -0.3 is 14.0 Å². The summed E-state index contributed by atoms with van der Waals surface area (Å²) in [7, 11) is 1.97. The molecule has 0 aliphatic carbocycles. The van der Waals surface area contributed by atoms with E-state index in [4.69, 9.17) is 0 Å². The second kappa shape index (κ2) is 7.99. The summed E-state index contributed by atoms with van der Waals surface area (Å²) in [5, 5.41) is 10.8. The number of piperidine rings is 1. The first-order valence-electron chi connectivity index (χ1n) is 9.96. The summed E-state index contributed by atoms with van der Waals surface area (Å²) in [5.74, 6) is 2.18. The smallest absolute Gasteiger partial charge is 0.233 e. The highest BCUT2D eigenvalue weighted by atomic mass is 32.2. The average molecular weight is 398 g/mol. The van der Waals surface area contributed by atoms with Crippen molar-refractivity contribution in [3.8, 4) is 11.4 Å². The Morgan fingerprint density at radius 2 is 1.96 bits per heavy atom. The first kappa shape index (κ1) is 19.1. The van der Waals surface area contributed by atoms with Gasteiger partial charge in [-0.25, -0.2) is 0 Å². The summed E-state index contributed by atoms with van der Waals surface area (Å²) in [5.41, 5.74) is 2.28. The van der Waals surface area contributed by atoms with Crippen LogP contribution in [0, 0.1) is 5.92 Å². The fourth-order valence-corrected chi connectivity index (χ4v) is 4.65. The Bertz CT molecular complexity index is 984. The lowest BCUT2D eigenvalue weighted by Crippen LogP contribution is -2.38. The van der Waals surface area contributed by atoms with E-state index in [1.54, 1.807) is 0 Å². The molecule has 0 atom stereocenters. The number of carbonyl (C=O) groups is 1. The summed E-state index contributed by atoms with van der Waals surface area (Å²) >= 11 is 1.47. The molecule has 0 spiro atoms. The third-order valence-electron chi connectivity index (χ3n) is 5.67. The van der Waals surface area contributed by atoms with Crippen molar-refractivity contribution in [3.63, 3.8) is 0 Å². The van der Waals surface area contributed by atoms with Crippen molar-refractivity contribution >= 4 is 28.6 Å². The van der Waals surface area contributed by atoms with Crippen LogP contribution in [0.3, 0.4) is 0 Å². The fraction of sp³-hybridized carbons (Fsp3) is 0.476. The predicted molar refractivity (Wildman–Crippen MR) is 113 cm³/mol. The normalized spacial score (nSPS) is 15.5. The number of nitrogens with zero attached hydrogens (tertiary/aromatic N) is 5. The Morgan fingerprint density at radius 3 is 2.71 bits per heavy atom. The minimum atomic E-state index is 0.198. The lowest BCUT2D eigenvalue weighted by atomic mass is 9.99. The van der Waals surface area contributed by atoms with Crippen molar-refractivity contribution in [2.45, 2.75) is 38.4 Å². The van der Waals surface area contributed by atoms with Gasteiger partial charge >= 0.3 is 0 Å². The molecule has 6 nitrogen and oxygen atoms in total. The van der Waals surface area contributed by atoms with Crippen LogP contribution < -0.4 is 0 Å². The second-order valence-electron chi connectivity index (χ2n) is 7.56. The first-order chi connectivity index (χ1) is 13.6. The maximum absolute atomic E-state index is 12.5. The zero-order valence-corrected chi connectivity index (χ0v) is 17.6. The van der Waals surface area contributed by atoms with Gasteiger partial charge in [-0.1, -0.05) is 36.9 Å². The Labute approximate surface area is 169 Å². The molecular formula is C21H27N5OS. The van der Waals surface area contributed by atoms with Gasteiger partial charge in [0, 0.05) is 49.3 Å². The third-order valence-corrected chi connectivity index (χ3v) is 6.67. The highest BCUT2D eigenvalue weighted by molar-refractivity contribution is 7.99. The van der Waals surface area contributed by atoms with Gasteiger partial charge in [0.1, 0.15) is 0 Å². The molecule has 0 unspecified atom stereocenters. The summed E-state index contributed by atoms with van der Waals surface area (Å²) in [6, 6.07) is 8.37. The predicted octanol–water partition coefficient (Wildman–Crippen LogP) is 3.81. The monoisotopic (exact) mass is 397 g/mol. The number of hydrogen-bond donors (Lipinski definition) is 0. The number of aromatic nitrogens is 4. The number of carbonyl (C=O) groups excluding carboxylic acids is 1. The van der Waals surface area contributed by atoms with Crippen LogP contribution in [-0.2, 0) is 18.4 Å². The van der Waals surface area contributed by atoms with Crippen LogP contribution in [0.2, 0.25) is 0 Å². The second-order valence-corrected chi connectivity index (χ2v) is 8.51. The van der Waals surface area contributed by atoms with E-state index in [-0.39, 0.29) is 5.91 Å². The lowest BCUT2D eigenvalue weighted by molar-refractivity contribution is -0.129. The Balaban J connectivity index is 1.51. The molecule has 1 aliphatic heterocycles. The SMILES string of the molecule is CCn1cc(-c2nnc(SCC(=O)N3CCC(C)CC3)n2C)c2ccccc21. The molecule has 1 aliphatic rings. The standard InChI is InChI=1S/C21H27N5OS/c1-4-25-13-17(16-7-5-6-8-18(16)25)20-22-23-21(24(20)3)28-14-19(27)26-11-9-15(2)10-12-26/h5-8,13,15H,4,9-12,14H2,1-3H3. The highest BCUT2D eigenvalue weighted by Crippen LogP contribution is 2.31. The van der Waals surface area contributed by atoms with Crippen molar-refractivity contribution in [1.82, 2.24) is 24.2 Å². The van der Waals surface area contributed by atoms with Gasteiger partial charge in [-0.3, -0.25) is 4.79 Å². The van der Waals surface area contributed by atoms with Crippen LogP contribution >= 0.6 is 11.8 Å². The van der Waals surface area contributed by atoms with Crippen LogP contribution in [0.5, 0.6) is 0 Å². The van der Waals surface area contributed by atoms with Gasteiger partial charge in [0.05, 0.1) is 5.75 Å². The number of rotatable bonds is 5. The van der Waals surface area contributed by atoms with Crippen molar-refractivity contribution in [2.75, 3.05) is 18.8 Å². The molecule has 0 radical (unpaired) electrons. The maximum Gasteiger partial charge on any atom is 0.233 e. The van der Waals surface area contributed by atoms with Crippen LogP contribution in [0.4, 0.5) is 0 Å². The third kappa shape index (κ3) is 3.55. The number of fused-ring (bicyclic) bond motifs is 1. The van der Waals surface area contributed by atoms with Crippen LogP contribution in [-0.4, -0.2) is 49.0 Å². The van der Waals surface area contributed by atoms with E-state index in [0.717, 1.165) is 54.9 Å². The van der Waals surface area contributed by atoms with Crippen molar-refractivity contribution in [1.29, 1.82) is 0 Å². The molecule has 1 fully saturated rings.